The van der Waals surface area contributed by atoms with Crippen LogP contribution in [0.15, 0.2) is 39.9 Å². The highest BCUT2D eigenvalue weighted by molar-refractivity contribution is 7.91. The number of benzene rings is 1. The normalized spacial score (nSPS) is 12.4. The van der Waals surface area contributed by atoms with Crippen LogP contribution in [-0.2, 0) is 22.7 Å². The number of amides is 1. The Balaban J connectivity index is 2.29. The molecular formula is C17H20F3N3O3S2. The number of hydrogen-bond acceptors (Lipinski definition) is 5. The van der Waals surface area contributed by atoms with Crippen LogP contribution >= 0.6 is 11.3 Å². The van der Waals surface area contributed by atoms with Crippen LogP contribution in [0.3, 0.4) is 0 Å². The lowest BCUT2D eigenvalue weighted by Gasteiger charge is -2.24. The SMILES string of the molecule is CN(C)CCN(Cc1cccc(C(F)(F)F)c1)C(=O)c1csc(S(N)(=O)=O)c1. The van der Waals surface area contributed by atoms with Crippen LogP contribution in [0.5, 0.6) is 0 Å². The predicted octanol–water partition coefficient (Wildman–Crippen LogP) is 2.62. The predicted molar refractivity (Wildman–Crippen MR) is 100 cm³/mol. The molecule has 11 heteroatoms. The number of likely N-dealkylation sites (N-methyl/N-ethyl adjacent to an activating group) is 1. The van der Waals surface area contributed by atoms with Crippen molar-refractivity contribution < 1.29 is 26.4 Å². The Morgan fingerprint density at radius 1 is 1.18 bits per heavy atom. The largest absolute Gasteiger partial charge is 0.416 e. The molecule has 28 heavy (non-hydrogen) atoms. The third-order valence-corrected chi connectivity index (χ3v) is 6.22. The van der Waals surface area contributed by atoms with E-state index in [9.17, 15) is 26.4 Å². The fourth-order valence-electron chi connectivity index (χ4n) is 2.40. The number of nitrogens with two attached hydrogens (primary N) is 1. The van der Waals surface area contributed by atoms with Crippen LogP contribution in [0, 0.1) is 0 Å². The number of alkyl halides is 3. The molecule has 0 saturated carbocycles. The molecule has 0 radical (unpaired) electrons. The van der Waals surface area contributed by atoms with E-state index in [0.717, 1.165) is 23.5 Å². The minimum Gasteiger partial charge on any atom is -0.333 e. The van der Waals surface area contributed by atoms with E-state index in [4.69, 9.17) is 5.14 Å². The van der Waals surface area contributed by atoms with Crippen molar-refractivity contribution in [1.29, 1.82) is 0 Å². The smallest absolute Gasteiger partial charge is 0.333 e. The average Bonchev–Trinajstić information content (AvgIpc) is 3.07. The van der Waals surface area contributed by atoms with Crippen LogP contribution in [-0.4, -0.2) is 51.3 Å². The van der Waals surface area contributed by atoms with Crippen molar-refractivity contribution in [3.05, 3.63) is 52.4 Å². The van der Waals surface area contributed by atoms with Crippen LogP contribution < -0.4 is 5.14 Å². The average molecular weight is 435 g/mol. The van der Waals surface area contributed by atoms with Gasteiger partial charge < -0.3 is 9.80 Å². The van der Waals surface area contributed by atoms with Crippen LogP contribution in [0.1, 0.15) is 21.5 Å². The number of halogens is 3. The molecular weight excluding hydrogens is 415 g/mol. The molecule has 1 amide bonds. The zero-order valence-corrected chi connectivity index (χ0v) is 16.9. The summed E-state index contributed by atoms with van der Waals surface area (Å²) in [6.45, 7) is 0.691. The zero-order valence-electron chi connectivity index (χ0n) is 15.2. The van der Waals surface area contributed by atoms with Gasteiger partial charge in [0, 0.05) is 25.0 Å². The molecule has 2 rings (SSSR count). The molecule has 6 nitrogen and oxygen atoms in total. The summed E-state index contributed by atoms with van der Waals surface area (Å²) in [7, 11) is -0.329. The summed E-state index contributed by atoms with van der Waals surface area (Å²) in [6, 6.07) is 5.94. The molecule has 0 fully saturated rings. The minimum absolute atomic E-state index is 0.0445. The number of carbonyl (C=O) groups excluding carboxylic acids is 1. The quantitative estimate of drug-likeness (QED) is 0.725. The maximum Gasteiger partial charge on any atom is 0.416 e. The Morgan fingerprint density at radius 3 is 2.39 bits per heavy atom. The van der Waals surface area contributed by atoms with E-state index in [0.29, 0.717) is 12.1 Å². The Morgan fingerprint density at radius 2 is 1.86 bits per heavy atom. The van der Waals surface area contributed by atoms with Crippen LogP contribution in [0.4, 0.5) is 13.2 Å². The van der Waals surface area contributed by atoms with E-state index >= 15 is 0 Å². The van der Waals surface area contributed by atoms with Gasteiger partial charge in [-0.15, -0.1) is 11.3 Å². The van der Waals surface area contributed by atoms with E-state index in [2.05, 4.69) is 0 Å². The van der Waals surface area contributed by atoms with Gasteiger partial charge in [-0.25, -0.2) is 13.6 Å². The number of hydrogen-bond donors (Lipinski definition) is 1. The molecule has 1 aromatic heterocycles. The van der Waals surface area contributed by atoms with Crippen LogP contribution in [0.25, 0.3) is 0 Å². The second-order valence-corrected chi connectivity index (χ2v) is 9.13. The fraction of sp³-hybridized carbons (Fsp3) is 0.353. The van der Waals surface area contributed by atoms with Gasteiger partial charge in [-0.1, -0.05) is 12.1 Å². The monoisotopic (exact) mass is 435 g/mol. The molecule has 1 heterocycles. The highest BCUT2D eigenvalue weighted by atomic mass is 32.2. The van der Waals surface area contributed by atoms with Crippen molar-refractivity contribution in [1.82, 2.24) is 9.80 Å². The standard InChI is InChI=1S/C17H20F3N3O3S2/c1-22(2)6-7-23(10-12-4-3-5-14(8-12)17(18,19)20)16(24)13-9-15(27-11-13)28(21,25)26/h3-5,8-9,11H,6-7,10H2,1-2H3,(H2,21,25,26). The highest BCUT2D eigenvalue weighted by Crippen LogP contribution is 2.30. The fourth-order valence-corrected chi connectivity index (χ4v) is 3.98. The molecule has 154 valence electrons. The van der Waals surface area contributed by atoms with Gasteiger partial charge in [0.1, 0.15) is 4.21 Å². The molecule has 2 aromatic rings. The number of thiophene rings is 1. The molecule has 1 aromatic carbocycles. The van der Waals surface area contributed by atoms with Crippen molar-refractivity contribution in [2.75, 3.05) is 27.2 Å². The molecule has 0 saturated heterocycles. The molecule has 0 aliphatic carbocycles. The van der Waals surface area contributed by atoms with E-state index < -0.39 is 27.7 Å². The van der Waals surface area contributed by atoms with Gasteiger partial charge in [0.05, 0.1) is 11.1 Å². The van der Waals surface area contributed by atoms with Gasteiger partial charge in [-0.05, 0) is 37.9 Å². The molecule has 0 aliphatic heterocycles. The lowest BCUT2D eigenvalue weighted by atomic mass is 10.1. The van der Waals surface area contributed by atoms with E-state index in [1.54, 1.807) is 14.1 Å². The summed E-state index contributed by atoms with van der Waals surface area (Å²) in [4.78, 5) is 16.0. The second kappa shape index (κ2) is 8.60. The first-order chi connectivity index (χ1) is 12.9. The number of nitrogens with zero attached hydrogens (tertiary/aromatic N) is 2. The maximum atomic E-state index is 12.9. The molecule has 2 N–H and O–H groups in total. The van der Waals surface area contributed by atoms with Crippen molar-refractivity contribution in [3.8, 4) is 0 Å². The number of carbonyl (C=O) groups is 1. The molecule has 0 aliphatic rings. The number of rotatable bonds is 7. The molecule has 0 bridgehead atoms. The third-order valence-electron chi connectivity index (χ3n) is 3.83. The first-order valence-corrected chi connectivity index (χ1v) is 10.5. The molecule has 0 spiro atoms. The first kappa shape index (κ1) is 22.3. The summed E-state index contributed by atoms with van der Waals surface area (Å²) in [5.74, 6) is -0.481. The van der Waals surface area contributed by atoms with Crippen molar-refractivity contribution in [3.63, 3.8) is 0 Å². The van der Waals surface area contributed by atoms with Crippen molar-refractivity contribution >= 4 is 27.3 Å². The Hall–Kier alpha value is -1.95. The van der Waals surface area contributed by atoms with Gasteiger partial charge in [-0.3, -0.25) is 4.79 Å². The molecule has 0 unspecified atom stereocenters. The van der Waals surface area contributed by atoms with Gasteiger partial charge in [0.15, 0.2) is 0 Å². The Bertz CT molecular complexity index is 940. The summed E-state index contributed by atoms with van der Waals surface area (Å²) < 4.78 is 61.5. The van der Waals surface area contributed by atoms with Crippen LogP contribution in [0.2, 0.25) is 0 Å². The zero-order chi connectivity index (χ0) is 21.1. The lowest BCUT2D eigenvalue weighted by molar-refractivity contribution is -0.137. The summed E-state index contributed by atoms with van der Waals surface area (Å²) in [5, 5.41) is 6.44. The summed E-state index contributed by atoms with van der Waals surface area (Å²) in [5.41, 5.74) is -0.347. The Kier molecular flexibility index (Phi) is 6.86. The van der Waals surface area contributed by atoms with Gasteiger partial charge in [-0.2, -0.15) is 13.2 Å². The maximum absolute atomic E-state index is 12.9. The van der Waals surface area contributed by atoms with Gasteiger partial charge in [0.2, 0.25) is 10.0 Å². The van der Waals surface area contributed by atoms with E-state index in [1.807, 2.05) is 4.90 Å². The number of sulfonamides is 1. The highest BCUT2D eigenvalue weighted by Gasteiger charge is 2.30. The van der Waals surface area contributed by atoms with Gasteiger partial charge in [0.25, 0.3) is 5.91 Å². The topological polar surface area (TPSA) is 83.7 Å². The van der Waals surface area contributed by atoms with Crippen molar-refractivity contribution in [2.45, 2.75) is 16.9 Å². The van der Waals surface area contributed by atoms with Gasteiger partial charge >= 0.3 is 6.18 Å². The molecule has 0 atom stereocenters. The van der Waals surface area contributed by atoms with E-state index in [-0.39, 0.29) is 22.9 Å². The summed E-state index contributed by atoms with van der Waals surface area (Å²) in [6.07, 6.45) is -4.48. The lowest BCUT2D eigenvalue weighted by Crippen LogP contribution is -2.36. The minimum atomic E-state index is -4.48. The second-order valence-electron chi connectivity index (χ2n) is 6.43. The Labute approximate surface area is 165 Å². The summed E-state index contributed by atoms with van der Waals surface area (Å²) >= 11 is 0.819. The third kappa shape index (κ3) is 6.03. The van der Waals surface area contributed by atoms with E-state index in [1.165, 1.54) is 28.5 Å². The van der Waals surface area contributed by atoms with Crippen molar-refractivity contribution in [2.24, 2.45) is 5.14 Å². The number of primary sulfonamides is 1. The first-order valence-electron chi connectivity index (χ1n) is 8.09.